The Hall–Kier alpha value is -5.22. The van der Waals surface area contributed by atoms with Crippen LogP contribution in [0.5, 0.6) is 0 Å². The van der Waals surface area contributed by atoms with Gasteiger partial charge in [0.25, 0.3) is 6.71 Å². The van der Waals surface area contributed by atoms with Crippen molar-refractivity contribution in [2.75, 3.05) is 14.7 Å². The third kappa shape index (κ3) is 5.79. The molecule has 4 atom stereocenters. The maximum Gasteiger partial charge on any atom is 0.252 e. The second-order valence-corrected chi connectivity index (χ2v) is 26.1. The highest BCUT2D eigenvalue weighted by Crippen LogP contribution is 2.65. The van der Waals surface area contributed by atoms with Gasteiger partial charge in [0.15, 0.2) is 0 Å². The molecule has 0 spiro atoms. The van der Waals surface area contributed by atoms with Crippen LogP contribution in [0.15, 0.2) is 115 Å². The van der Waals surface area contributed by atoms with Gasteiger partial charge in [-0.15, -0.1) is 0 Å². The van der Waals surface area contributed by atoms with Gasteiger partial charge in [-0.3, -0.25) is 0 Å². The van der Waals surface area contributed by atoms with Crippen LogP contribution in [0.1, 0.15) is 169 Å². The molecule has 4 heterocycles. The molecule has 12 rings (SSSR count). The van der Waals surface area contributed by atoms with Crippen molar-refractivity contribution in [2.24, 2.45) is 0 Å². The predicted molar refractivity (Wildman–Crippen MR) is 293 cm³/mol. The third-order valence-electron chi connectivity index (χ3n) is 19.2. The van der Waals surface area contributed by atoms with E-state index in [9.17, 15) is 0 Å². The summed E-state index contributed by atoms with van der Waals surface area (Å²) in [5.41, 5.74) is 23.5. The zero-order chi connectivity index (χ0) is 47.7. The minimum Gasteiger partial charge on any atom is -0.335 e. The number of nitrogens with zero attached hydrogens (tertiary/aromatic N) is 3. The maximum atomic E-state index is 2.96. The zero-order valence-corrected chi connectivity index (χ0v) is 43.5. The van der Waals surface area contributed by atoms with Gasteiger partial charge in [0.1, 0.15) is 0 Å². The lowest BCUT2D eigenvalue weighted by atomic mass is 9.33. The third-order valence-corrected chi connectivity index (χ3v) is 19.2. The van der Waals surface area contributed by atoms with E-state index in [0.717, 1.165) is 0 Å². The quantitative estimate of drug-likeness (QED) is 0.164. The smallest absolute Gasteiger partial charge is 0.252 e. The van der Waals surface area contributed by atoms with Gasteiger partial charge in [-0.1, -0.05) is 181 Å². The monoisotopic (exact) mass is 896 g/mol. The molecule has 348 valence electrons. The van der Waals surface area contributed by atoms with Crippen LogP contribution >= 0.6 is 0 Å². The summed E-state index contributed by atoms with van der Waals surface area (Å²) in [6.07, 6.45) is 9.82. The van der Waals surface area contributed by atoms with E-state index in [2.05, 4.69) is 220 Å². The first-order chi connectivity index (χ1) is 32.1. The number of fused-ring (bicyclic) bond motifs is 10. The van der Waals surface area contributed by atoms with Crippen molar-refractivity contribution in [3.63, 3.8) is 0 Å². The van der Waals surface area contributed by atoms with Gasteiger partial charge in [-0.05, 0) is 142 Å². The molecule has 0 saturated heterocycles. The molecule has 2 saturated carbocycles. The highest BCUT2D eigenvalue weighted by atomic mass is 15.3. The summed E-state index contributed by atoms with van der Waals surface area (Å²) in [6, 6.07) is 46.4. The van der Waals surface area contributed by atoms with E-state index < -0.39 is 0 Å². The van der Waals surface area contributed by atoms with Crippen molar-refractivity contribution in [1.29, 1.82) is 0 Å². The molecule has 4 unspecified atom stereocenters. The van der Waals surface area contributed by atoms with Crippen molar-refractivity contribution in [1.82, 2.24) is 0 Å². The maximum absolute atomic E-state index is 2.96. The lowest BCUT2D eigenvalue weighted by Gasteiger charge is -2.54. The molecular weight excluding hydrogens is 822 g/mol. The number of hydrogen-bond donors (Lipinski definition) is 0. The van der Waals surface area contributed by atoms with Crippen LogP contribution in [0.3, 0.4) is 0 Å². The molecule has 3 nitrogen and oxygen atoms in total. The molecule has 0 N–H and O–H groups in total. The molecule has 68 heavy (non-hydrogen) atoms. The first-order valence-electron chi connectivity index (χ1n) is 26.3. The Kier molecular flexibility index (Phi) is 9.19. The minimum atomic E-state index is -0.0901. The highest BCUT2D eigenvalue weighted by molar-refractivity contribution is 7.00. The van der Waals surface area contributed by atoms with E-state index in [1.807, 2.05) is 0 Å². The number of hydrogen-bond acceptors (Lipinski definition) is 3. The van der Waals surface area contributed by atoms with Gasteiger partial charge in [0.2, 0.25) is 0 Å². The molecule has 2 fully saturated rings. The molecule has 2 aliphatic carbocycles. The Balaban J connectivity index is 1.25. The van der Waals surface area contributed by atoms with Gasteiger partial charge in [-0.25, -0.2) is 0 Å². The molecule has 4 heteroatoms. The molecule has 6 aliphatic rings. The number of rotatable bonds is 3. The summed E-state index contributed by atoms with van der Waals surface area (Å²) in [5, 5.41) is 0. The van der Waals surface area contributed by atoms with Crippen molar-refractivity contribution in [3.05, 3.63) is 143 Å². The van der Waals surface area contributed by atoms with E-state index >= 15 is 0 Å². The standard InChI is InChI=1S/C64H74BN3/c1-58(2,3)42-28-30-51(46(35-42)41-23-15-14-16-24-41)66-53-38-43(59(4,5)6)27-29-49(53)65-50-37-44(60(7,8)9)36-48-57(50)68(64(13)34-22-20-32-62(48,64)11)55-40-45(39-54(66)56(55)65)67-52-26-18-17-25-47(52)61(10)31-19-21-33-63(61,67)12/h14-18,23-30,35-40H,19-22,31-34H2,1-13H3. The first-order valence-corrected chi connectivity index (χ1v) is 26.3. The van der Waals surface area contributed by atoms with Gasteiger partial charge < -0.3 is 14.7 Å². The summed E-state index contributed by atoms with van der Waals surface area (Å²) in [4.78, 5) is 8.56. The molecule has 0 bridgehead atoms. The van der Waals surface area contributed by atoms with Crippen molar-refractivity contribution < 1.29 is 0 Å². The highest BCUT2D eigenvalue weighted by Gasteiger charge is 2.63. The molecule has 6 aromatic carbocycles. The largest absolute Gasteiger partial charge is 0.335 e. The summed E-state index contributed by atoms with van der Waals surface area (Å²) in [6.45, 7) is 32.1. The van der Waals surface area contributed by atoms with Crippen LogP contribution < -0.4 is 31.1 Å². The lowest BCUT2D eigenvalue weighted by molar-refractivity contribution is 0.194. The SMILES string of the molecule is CC(C)(C)c1ccc(N2c3cc(C(C)(C)C)ccc3B3c4cc(C(C)(C)C)cc5c4N(c4cc(N6c7ccccc7C7(C)CCCCC67C)cc2c43)C2(C)CCCCC52C)c(-c2ccccc2)c1. The predicted octanol–water partition coefficient (Wildman–Crippen LogP) is 15.3. The Morgan fingerprint density at radius 1 is 0.441 bits per heavy atom. The average Bonchev–Trinajstić information content (AvgIpc) is 3.64. The molecule has 0 aromatic heterocycles. The minimum absolute atomic E-state index is 0.00239. The van der Waals surface area contributed by atoms with E-state index in [0.29, 0.717) is 0 Å². The van der Waals surface area contributed by atoms with E-state index in [-0.39, 0.29) is 44.9 Å². The van der Waals surface area contributed by atoms with Gasteiger partial charge in [0.05, 0.1) is 16.8 Å². The van der Waals surface area contributed by atoms with Crippen LogP contribution in [0.25, 0.3) is 11.1 Å². The van der Waals surface area contributed by atoms with Gasteiger partial charge in [-0.2, -0.15) is 0 Å². The van der Waals surface area contributed by atoms with E-state index in [1.165, 1.54) is 141 Å². The van der Waals surface area contributed by atoms with Crippen molar-refractivity contribution in [2.45, 2.75) is 180 Å². The van der Waals surface area contributed by atoms with Crippen LogP contribution in [0.2, 0.25) is 0 Å². The molecule has 4 aliphatic heterocycles. The van der Waals surface area contributed by atoms with Crippen molar-refractivity contribution in [3.8, 4) is 11.1 Å². The van der Waals surface area contributed by atoms with Gasteiger partial charge in [0, 0.05) is 50.5 Å². The Morgan fingerprint density at radius 2 is 1.01 bits per heavy atom. The van der Waals surface area contributed by atoms with Crippen molar-refractivity contribution >= 4 is 62.9 Å². The Morgan fingerprint density at radius 3 is 1.69 bits per heavy atom. The molecule has 6 aromatic rings. The first kappa shape index (κ1) is 44.0. The topological polar surface area (TPSA) is 9.72 Å². The summed E-state index contributed by atoms with van der Waals surface area (Å²) in [7, 11) is 0. The molecular formula is C64H74BN3. The Bertz CT molecular complexity index is 3070. The summed E-state index contributed by atoms with van der Waals surface area (Å²) >= 11 is 0. The van der Waals surface area contributed by atoms with Gasteiger partial charge >= 0.3 is 0 Å². The number of anilines is 7. The summed E-state index contributed by atoms with van der Waals surface area (Å²) in [5.74, 6) is 0. The fourth-order valence-corrected chi connectivity index (χ4v) is 14.8. The average molecular weight is 896 g/mol. The molecule has 0 radical (unpaired) electrons. The van der Waals surface area contributed by atoms with Crippen LogP contribution in [-0.4, -0.2) is 17.8 Å². The second kappa shape index (κ2) is 14.2. The fraction of sp³-hybridized carbons (Fsp3) is 0.438. The van der Waals surface area contributed by atoms with Crippen LogP contribution in [0.4, 0.5) is 39.8 Å². The van der Waals surface area contributed by atoms with E-state index in [1.54, 1.807) is 5.56 Å². The normalized spacial score (nSPS) is 25.7. The summed E-state index contributed by atoms with van der Waals surface area (Å²) < 4.78 is 0. The fourth-order valence-electron chi connectivity index (χ4n) is 14.8. The molecule has 0 amide bonds. The zero-order valence-electron chi connectivity index (χ0n) is 43.5. The van der Waals surface area contributed by atoms with Crippen LogP contribution in [-0.2, 0) is 27.1 Å². The van der Waals surface area contributed by atoms with E-state index in [4.69, 9.17) is 0 Å². The lowest BCUT2D eigenvalue weighted by Crippen LogP contribution is -2.64. The number of para-hydroxylation sites is 1. The second-order valence-electron chi connectivity index (χ2n) is 26.1. The Labute approximate surface area is 409 Å². The van der Waals surface area contributed by atoms with Crippen LogP contribution in [0, 0.1) is 0 Å². The number of benzene rings is 6.